The van der Waals surface area contributed by atoms with Gasteiger partial charge in [0.05, 0.1) is 23.2 Å². The first-order chi connectivity index (χ1) is 10.0. The highest BCUT2D eigenvalue weighted by Crippen LogP contribution is 2.19. The van der Waals surface area contributed by atoms with E-state index in [0.717, 1.165) is 11.1 Å². The Balaban J connectivity index is 2.17. The van der Waals surface area contributed by atoms with Gasteiger partial charge in [-0.05, 0) is 43.2 Å². The minimum absolute atomic E-state index is 0.163. The lowest BCUT2D eigenvalue weighted by molar-refractivity contribution is 0.0940. The number of benzene rings is 2. The van der Waals surface area contributed by atoms with E-state index in [2.05, 4.69) is 11.4 Å². The molecule has 4 heteroatoms. The van der Waals surface area contributed by atoms with Gasteiger partial charge in [0.1, 0.15) is 0 Å². The second-order valence-electron chi connectivity index (χ2n) is 4.97. The zero-order valence-electron chi connectivity index (χ0n) is 12.1. The zero-order chi connectivity index (χ0) is 15.4. The molecule has 3 N–H and O–H groups in total. The molecule has 0 saturated heterocycles. The summed E-state index contributed by atoms with van der Waals surface area (Å²) in [6, 6.07) is 14.5. The average Bonchev–Trinajstić information content (AvgIpc) is 2.47. The second kappa shape index (κ2) is 6.10. The molecule has 0 aliphatic heterocycles. The van der Waals surface area contributed by atoms with Crippen LogP contribution in [0, 0.1) is 18.3 Å². The number of anilines is 1. The van der Waals surface area contributed by atoms with Crippen molar-refractivity contribution in [2.75, 3.05) is 5.73 Å². The van der Waals surface area contributed by atoms with Crippen molar-refractivity contribution >= 4 is 11.6 Å². The van der Waals surface area contributed by atoms with Gasteiger partial charge in [0.25, 0.3) is 5.91 Å². The Labute approximate surface area is 124 Å². The van der Waals surface area contributed by atoms with Crippen LogP contribution in [-0.4, -0.2) is 5.91 Å². The maximum absolute atomic E-state index is 12.3. The molecule has 0 saturated carbocycles. The van der Waals surface area contributed by atoms with Crippen molar-refractivity contribution in [2.45, 2.75) is 19.9 Å². The molecule has 4 nitrogen and oxygen atoms in total. The smallest absolute Gasteiger partial charge is 0.254 e. The fraction of sp³-hybridized carbons (Fsp3) is 0.176. The van der Waals surface area contributed by atoms with Crippen LogP contribution in [0.5, 0.6) is 0 Å². The van der Waals surface area contributed by atoms with E-state index in [4.69, 9.17) is 11.0 Å². The molecule has 106 valence electrons. The highest BCUT2D eigenvalue weighted by molar-refractivity contribution is 6.00. The third-order valence-corrected chi connectivity index (χ3v) is 3.42. The number of carbonyl (C=O) groups is 1. The zero-order valence-corrected chi connectivity index (χ0v) is 12.1. The van der Waals surface area contributed by atoms with E-state index < -0.39 is 0 Å². The molecule has 0 aromatic heterocycles. The van der Waals surface area contributed by atoms with Crippen LogP contribution in [0.1, 0.15) is 40.0 Å². The monoisotopic (exact) mass is 279 g/mol. The third kappa shape index (κ3) is 3.21. The topological polar surface area (TPSA) is 78.9 Å². The van der Waals surface area contributed by atoms with E-state index >= 15 is 0 Å². The van der Waals surface area contributed by atoms with Crippen molar-refractivity contribution < 1.29 is 4.79 Å². The number of aryl methyl sites for hydroxylation is 1. The maximum atomic E-state index is 12.3. The van der Waals surface area contributed by atoms with Crippen molar-refractivity contribution in [3.05, 3.63) is 64.7 Å². The summed E-state index contributed by atoms with van der Waals surface area (Å²) in [5.41, 5.74) is 9.25. The summed E-state index contributed by atoms with van der Waals surface area (Å²) >= 11 is 0. The standard InChI is InChI=1S/C17H17N3O/c1-11-4-3-5-15(19)16(11)17(21)20-12(2)14-8-6-13(10-18)7-9-14/h3-9,12H,19H2,1-2H3,(H,20,21). The molecule has 1 amide bonds. The van der Waals surface area contributed by atoms with Crippen molar-refractivity contribution in [3.8, 4) is 6.07 Å². The van der Waals surface area contributed by atoms with Crippen molar-refractivity contribution in [1.82, 2.24) is 5.32 Å². The number of nitrogens with two attached hydrogens (primary N) is 1. The van der Waals surface area contributed by atoms with E-state index in [-0.39, 0.29) is 11.9 Å². The SMILES string of the molecule is Cc1cccc(N)c1C(=O)NC(C)c1ccc(C#N)cc1. The van der Waals surface area contributed by atoms with Crippen LogP contribution in [0.15, 0.2) is 42.5 Å². The molecule has 0 heterocycles. The first kappa shape index (κ1) is 14.6. The van der Waals surface area contributed by atoms with E-state index in [9.17, 15) is 4.79 Å². The molecule has 1 atom stereocenters. The quantitative estimate of drug-likeness (QED) is 0.848. The molecule has 2 aromatic carbocycles. The van der Waals surface area contributed by atoms with Gasteiger partial charge < -0.3 is 11.1 Å². The van der Waals surface area contributed by atoms with E-state index in [0.29, 0.717) is 16.8 Å². The van der Waals surface area contributed by atoms with Gasteiger partial charge in [0.15, 0.2) is 0 Å². The predicted octanol–water partition coefficient (Wildman–Crippen LogP) is 2.94. The summed E-state index contributed by atoms with van der Waals surface area (Å²) in [4.78, 5) is 12.3. The highest BCUT2D eigenvalue weighted by atomic mass is 16.1. The molecule has 2 rings (SSSR count). The Morgan fingerprint density at radius 1 is 1.24 bits per heavy atom. The summed E-state index contributed by atoms with van der Waals surface area (Å²) in [6.07, 6.45) is 0. The lowest BCUT2D eigenvalue weighted by Crippen LogP contribution is -2.28. The minimum atomic E-state index is -0.192. The van der Waals surface area contributed by atoms with Gasteiger partial charge in [-0.25, -0.2) is 0 Å². The van der Waals surface area contributed by atoms with E-state index in [1.165, 1.54) is 0 Å². The Morgan fingerprint density at radius 3 is 2.48 bits per heavy atom. The number of nitriles is 1. The number of rotatable bonds is 3. The fourth-order valence-corrected chi connectivity index (χ4v) is 2.20. The molecule has 1 unspecified atom stereocenters. The van der Waals surface area contributed by atoms with Crippen LogP contribution in [0.25, 0.3) is 0 Å². The summed E-state index contributed by atoms with van der Waals surface area (Å²) in [5, 5.41) is 11.7. The molecule has 0 radical (unpaired) electrons. The summed E-state index contributed by atoms with van der Waals surface area (Å²) in [5.74, 6) is -0.192. The molecule has 0 bridgehead atoms. The van der Waals surface area contributed by atoms with Crippen LogP contribution < -0.4 is 11.1 Å². The number of amides is 1. The number of nitrogen functional groups attached to an aromatic ring is 1. The number of hydrogen-bond donors (Lipinski definition) is 2. The van der Waals surface area contributed by atoms with Crippen molar-refractivity contribution in [1.29, 1.82) is 5.26 Å². The molecular formula is C17H17N3O. The van der Waals surface area contributed by atoms with Crippen LogP contribution in [0.4, 0.5) is 5.69 Å². The summed E-state index contributed by atoms with van der Waals surface area (Å²) in [7, 11) is 0. The number of nitrogens with zero attached hydrogens (tertiary/aromatic N) is 1. The second-order valence-corrected chi connectivity index (χ2v) is 4.97. The van der Waals surface area contributed by atoms with Crippen molar-refractivity contribution in [2.24, 2.45) is 0 Å². The average molecular weight is 279 g/mol. The minimum Gasteiger partial charge on any atom is -0.398 e. The molecule has 0 spiro atoms. The van der Waals surface area contributed by atoms with Crippen LogP contribution in [0.2, 0.25) is 0 Å². The first-order valence-corrected chi connectivity index (χ1v) is 6.69. The lowest BCUT2D eigenvalue weighted by Gasteiger charge is -2.16. The Morgan fingerprint density at radius 2 is 1.90 bits per heavy atom. The molecule has 2 aromatic rings. The van der Waals surface area contributed by atoms with Crippen LogP contribution in [0.3, 0.4) is 0 Å². The highest BCUT2D eigenvalue weighted by Gasteiger charge is 2.15. The van der Waals surface area contributed by atoms with Crippen LogP contribution in [-0.2, 0) is 0 Å². The number of hydrogen-bond acceptors (Lipinski definition) is 3. The first-order valence-electron chi connectivity index (χ1n) is 6.69. The van der Waals surface area contributed by atoms with Gasteiger partial charge in [0.2, 0.25) is 0 Å². The van der Waals surface area contributed by atoms with Gasteiger partial charge >= 0.3 is 0 Å². The Bertz CT molecular complexity index is 679. The Hall–Kier alpha value is -2.80. The van der Waals surface area contributed by atoms with Gasteiger partial charge in [-0.1, -0.05) is 24.3 Å². The maximum Gasteiger partial charge on any atom is 0.254 e. The third-order valence-electron chi connectivity index (χ3n) is 3.42. The lowest BCUT2D eigenvalue weighted by atomic mass is 10.0. The molecule has 0 fully saturated rings. The molecule has 0 aliphatic carbocycles. The van der Waals surface area contributed by atoms with Gasteiger partial charge in [-0.3, -0.25) is 4.79 Å². The van der Waals surface area contributed by atoms with E-state index in [1.807, 2.05) is 38.1 Å². The summed E-state index contributed by atoms with van der Waals surface area (Å²) in [6.45, 7) is 3.76. The van der Waals surface area contributed by atoms with Gasteiger partial charge in [0, 0.05) is 5.69 Å². The summed E-state index contributed by atoms with van der Waals surface area (Å²) < 4.78 is 0. The normalized spacial score (nSPS) is 11.5. The van der Waals surface area contributed by atoms with E-state index in [1.54, 1.807) is 18.2 Å². The van der Waals surface area contributed by atoms with Crippen molar-refractivity contribution in [3.63, 3.8) is 0 Å². The molecule has 0 aliphatic rings. The predicted molar refractivity (Wildman–Crippen MR) is 82.6 cm³/mol. The molecular weight excluding hydrogens is 262 g/mol. The molecule has 21 heavy (non-hydrogen) atoms. The number of carbonyl (C=O) groups excluding carboxylic acids is 1. The van der Waals surface area contributed by atoms with Gasteiger partial charge in [-0.2, -0.15) is 5.26 Å². The van der Waals surface area contributed by atoms with Crippen LogP contribution >= 0.6 is 0 Å². The fourth-order valence-electron chi connectivity index (χ4n) is 2.20. The largest absolute Gasteiger partial charge is 0.398 e. The Kier molecular flexibility index (Phi) is 4.24. The number of nitrogens with one attached hydrogen (secondary N) is 1. The van der Waals surface area contributed by atoms with Gasteiger partial charge in [-0.15, -0.1) is 0 Å².